The summed E-state index contributed by atoms with van der Waals surface area (Å²) in [5, 5.41) is 6.24. The van der Waals surface area contributed by atoms with Crippen LogP contribution in [-0.4, -0.2) is 24.5 Å². The topological polar surface area (TPSA) is 67.4 Å². The third-order valence-corrected chi connectivity index (χ3v) is 5.17. The number of nitrogens with one attached hydrogen (secondary N) is 2. The van der Waals surface area contributed by atoms with Gasteiger partial charge in [-0.2, -0.15) is 0 Å². The molecule has 0 aromatic heterocycles. The molecule has 0 atom stereocenters. The first-order valence-corrected chi connectivity index (χ1v) is 10.1. The van der Waals surface area contributed by atoms with Crippen LogP contribution in [0.15, 0.2) is 42.5 Å². The van der Waals surface area contributed by atoms with E-state index in [2.05, 4.69) is 10.6 Å². The van der Waals surface area contributed by atoms with Gasteiger partial charge in [0.2, 0.25) is 0 Å². The van der Waals surface area contributed by atoms with Gasteiger partial charge in [0, 0.05) is 17.2 Å². The van der Waals surface area contributed by atoms with Crippen LogP contribution in [0, 0.1) is 0 Å². The molecule has 5 nitrogen and oxygen atoms in total. The van der Waals surface area contributed by atoms with Crippen LogP contribution in [-0.2, 0) is 0 Å². The van der Waals surface area contributed by atoms with E-state index in [0.29, 0.717) is 34.2 Å². The number of benzene rings is 2. The molecule has 2 amide bonds. The van der Waals surface area contributed by atoms with Crippen molar-refractivity contribution in [3.63, 3.8) is 0 Å². The third-order valence-electron chi connectivity index (χ3n) is 4.84. The summed E-state index contributed by atoms with van der Waals surface area (Å²) in [5.74, 6) is 0.272. The Morgan fingerprint density at radius 3 is 2.36 bits per heavy atom. The predicted molar refractivity (Wildman–Crippen MR) is 111 cm³/mol. The highest BCUT2D eigenvalue weighted by molar-refractivity contribution is 6.34. The summed E-state index contributed by atoms with van der Waals surface area (Å²) in [6.45, 7) is 2.47. The molecule has 0 radical (unpaired) electrons. The molecular weight excluding hydrogens is 376 g/mol. The van der Waals surface area contributed by atoms with Gasteiger partial charge in [-0.05, 0) is 62.2 Å². The first kappa shape index (κ1) is 20.2. The molecule has 2 N–H and O–H groups in total. The van der Waals surface area contributed by atoms with Crippen LogP contribution in [0.2, 0.25) is 5.02 Å². The summed E-state index contributed by atoms with van der Waals surface area (Å²) in [6, 6.07) is 12.0. The molecule has 3 rings (SSSR count). The first-order valence-electron chi connectivity index (χ1n) is 9.71. The van der Waals surface area contributed by atoms with E-state index in [4.69, 9.17) is 16.3 Å². The maximum absolute atomic E-state index is 12.6. The fraction of sp³-hybridized carbons (Fsp3) is 0.364. The zero-order chi connectivity index (χ0) is 19.9. The number of hydrogen-bond donors (Lipinski definition) is 2. The van der Waals surface area contributed by atoms with Crippen LogP contribution in [0.4, 0.5) is 5.69 Å². The first-order chi connectivity index (χ1) is 13.6. The second-order valence-electron chi connectivity index (χ2n) is 6.91. The minimum atomic E-state index is -0.296. The number of carbonyl (C=O) groups excluding carboxylic acids is 2. The van der Waals surface area contributed by atoms with Gasteiger partial charge in [-0.25, -0.2) is 0 Å². The second-order valence-corrected chi connectivity index (χ2v) is 7.32. The molecule has 1 aliphatic rings. The zero-order valence-electron chi connectivity index (χ0n) is 16.0. The minimum Gasteiger partial charge on any atom is -0.494 e. The van der Waals surface area contributed by atoms with Crippen molar-refractivity contribution in [3.05, 3.63) is 58.6 Å². The summed E-state index contributed by atoms with van der Waals surface area (Å²) in [6.07, 6.45) is 5.56. The van der Waals surface area contributed by atoms with E-state index in [0.717, 1.165) is 25.7 Å². The molecule has 0 aliphatic heterocycles. The maximum Gasteiger partial charge on any atom is 0.255 e. The van der Waals surface area contributed by atoms with Gasteiger partial charge in [-0.1, -0.05) is 30.9 Å². The van der Waals surface area contributed by atoms with Gasteiger partial charge in [0.15, 0.2) is 0 Å². The summed E-state index contributed by atoms with van der Waals surface area (Å²) >= 11 is 6.22. The molecule has 148 valence electrons. The van der Waals surface area contributed by atoms with Crippen molar-refractivity contribution in [2.24, 2.45) is 0 Å². The molecule has 28 heavy (non-hydrogen) atoms. The summed E-state index contributed by atoms with van der Waals surface area (Å²) in [4.78, 5) is 25.1. The SMILES string of the molecule is CCOc1ccc(C(=O)Nc2cc(C(=O)NC3CCCCC3)ccc2Cl)cc1. The Hall–Kier alpha value is -2.53. The van der Waals surface area contributed by atoms with E-state index in [1.165, 1.54) is 6.42 Å². The van der Waals surface area contributed by atoms with Crippen LogP contribution in [0.3, 0.4) is 0 Å². The fourth-order valence-electron chi connectivity index (χ4n) is 3.34. The maximum atomic E-state index is 12.6. The Balaban J connectivity index is 1.68. The lowest BCUT2D eigenvalue weighted by atomic mass is 9.95. The van der Waals surface area contributed by atoms with Gasteiger partial charge in [-0.3, -0.25) is 9.59 Å². The monoisotopic (exact) mass is 400 g/mol. The van der Waals surface area contributed by atoms with Crippen LogP contribution in [0.25, 0.3) is 0 Å². The van der Waals surface area contributed by atoms with E-state index in [-0.39, 0.29) is 17.9 Å². The van der Waals surface area contributed by atoms with E-state index < -0.39 is 0 Å². The Morgan fingerprint density at radius 2 is 1.68 bits per heavy atom. The Labute approximate surface area is 170 Å². The Morgan fingerprint density at radius 1 is 1.00 bits per heavy atom. The number of ether oxygens (including phenoxy) is 1. The Kier molecular flexibility index (Phi) is 6.93. The van der Waals surface area contributed by atoms with Gasteiger partial charge in [0.25, 0.3) is 11.8 Å². The highest BCUT2D eigenvalue weighted by Crippen LogP contribution is 2.25. The number of halogens is 1. The van der Waals surface area contributed by atoms with Crippen molar-refractivity contribution in [1.29, 1.82) is 0 Å². The van der Waals surface area contributed by atoms with E-state index in [9.17, 15) is 9.59 Å². The van der Waals surface area contributed by atoms with Gasteiger partial charge < -0.3 is 15.4 Å². The molecule has 1 saturated carbocycles. The van der Waals surface area contributed by atoms with E-state index >= 15 is 0 Å². The average molecular weight is 401 g/mol. The predicted octanol–water partition coefficient (Wildman–Crippen LogP) is 5.05. The molecule has 6 heteroatoms. The molecule has 2 aromatic carbocycles. The van der Waals surface area contributed by atoms with Crippen molar-refractivity contribution in [1.82, 2.24) is 5.32 Å². The van der Waals surface area contributed by atoms with E-state index in [1.807, 2.05) is 6.92 Å². The smallest absolute Gasteiger partial charge is 0.255 e. The number of hydrogen-bond acceptors (Lipinski definition) is 3. The zero-order valence-corrected chi connectivity index (χ0v) is 16.7. The van der Waals surface area contributed by atoms with Crippen LogP contribution in [0.5, 0.6) is 5.75 Å². The van der Waals surface area contributed by atoms with Crippen molar-refractivity contribution < 1.29 is 14.3 Å². The molecule has 0 saturated heterocycles. The summed E-state index contributed by atoms with van der Waals surface area (Å²) < 4.78 is 5.39. The fourth-order valence-corrected chi connectivity index (χ4v) is 3.51. The van der Waals surface area contributed by atoms with Gasteiger partial charge in [0.05, 0.1) is 17.3 Å². The Bertz CT molecular complexity index is 830. The van der Waals surface area contributed by atoms with Crippen molar-refractivity contribution >= 4 is 29.1 Å². The largest absolute Gasteiger partial charge is 0.494 e. The van der Waals surface area contributed by atoms with Crippen LogP contribution in [0.1, 0.15) is 59.7 Å². The lowest BCUT2D eigenvalue weighted by Gasteiger charge is -2.23. The number of amides is 2. The third kappa shape index (κ3) is 5.26. The molecule has 1 fully saturated rings. The van der Waals surface area contributed by atoms with Crippen LogP contribution >= 0.6 is 11.6 Å². The second kappa shape index (κ2) is 9.60. The van der Waals surface area contributed by atoms with Crippen molar-refractivity contribution in [2.75, 3.05) is 11.9 Å². The van der Waals surface area contributed by atoms with Gasteiger partial charge >= 0.3 is 0 Å². The number of rotatable bonds is 6. The highest BCUT2D eigenvalue weighted by Gasteiger charge is 2.18. The van der Waals surface area contributed by atoms with Crippen molar-refractivity contribution in [3.8, 4) is 5.75 Å². The molecule has 0 bridgehead atoms. The minimum absolute atomic E-state index is 0.139. The molecule has 0 heterocycles. The van der Waals surface area contributed by atoms with E-state index in [1.54, 1.807) is 42.5 Å². The standard InChI is InChI=1S/C22H25ClN2O3/c1-2-28-18-11-8-15(9-12-18)21(26)25-20-14-16(10-13-19(20)23)22(27)24-17-6-4-3-5-7-17/h8-14,17H,2-7H2,1H3,(H,24,27)(H,25,26). The van der Waals surface area contributed by atoms with Crippen LogP contribution < -0.4 is 15.4 Å². The highest BCUT2D eigenvalue weighted by atomic mass is 35.5. The summed E-state index contributed by atoms with van der Waals surface area (Å²) in [5.41, 5.74) is 1.38. The quantitative estimate of drug-likeness (QED) is 0.712. The lowest BCUT2D eigenvalue weighted by molar-refractivity contribution is 0.0926. The molecule has 1 aliphatic carbocycles. The number of anilines is 1. The average Bonchev–Trinajstić information content (AvgIpc) is 2.71. The lowest BCUT2D eigenvalue weighted by Crippen LogP contribution is -2.36. The molecular formula is C22H25ClN2O3. The number of carbonyl (C=O) groups is 2. The normalized spacial score (nSPS) is 14.4. The van der Waals surface area contributed by atoms with Gasteiger partial charge in [0.1, 0.15) is 5.75 Å². The van der Waals surface area contributed by atoms with Crippen molar-refractivity contribution in [2.45, 2.75) is 45.1 Å². The molecule has 0 unspecified atom stereocenters. The molecule has 2 aromatic rings. The van der Waals surface area contributed by atoms with Gasteiger partial charge in [-0.15, -0.1) is 0 Å². The molecule has 0 spiro atoms. The summed E-state index contributed by atoms with van der Waals surface area (Å²) in [7, 11) is 0.